The van der Waals surface area contributed by atoms with E-state index in [-0.39, 0.29) is 24.3 Å². The third-order valence-corrected chi connectivity index (χ3v) is 7.68. The van der Waals surface area contributed by atoms with Crippen LogP contribution in [0.2, 0.25) is 0 Å². The standard InChI is InChI=1S/C24H37N3O2/c1-4-26-22-7-5-6-8-23(22)27(24(26)29)21-13-14-25(15-19(21)16-28)20-11-9-18(10-12-20)17(2)3/h5-8,17-21,28H,4,9-16H2,1-3H3/t18?,19-,20?,21+/m0/s1. The molecule has 0 unspecified atom stereocenters. The molecule has 0 spiro atoms. The molecule has 1 aliphatic heterocycles. The van der Waals surface area contributed by atoms with Crippen LogP contribution in [0.25, 0.3) is 11.0 Å². The number of para-hydroxylation sites is 2. The number of piperidine rings is 1. The third-order valence-electron chi connectivity index (χ3n) is 7.68. The molecule has 5 nitrogen and oxygen atoms in total. The fourth-order valence-corrected chi connectivity index (χ4v) is 5.89. The zero-order chi connectivity index (χ0) is 20.5. The first kappa shape index (κ1) is 20.7. The van der Waals surface area contributed by atoms with Gasteiger partial charge in [0.25, 0.3) is 0 Å². The van der Waals surface area contributed by atoms with Crippen LogP contribution in [0.15, 0.2) is 29.1 Å². The maximum absolute atomic E-state index is 13.2. The molecule has 2 heterocycles. The van der Waals surface area contributed by atoms with Gasteiger partial charge in [-0.05, 0) is 63.0 Å². The molecule has 1 N–H and O–H groups in total. The molecule has 160 valence electrons. The number of aliphatic hydroxyl groups excluding tert-OH is 1. The highest BCUT2D eigenvalue weighted by Crippen LogP contribution is 2.36. The summed E-state index contributed by atoms with van der Waals surface area (Å²) in [5.74, 6) is 1.77. The highest BCUT2D eigenvalue weighted by atomic mass is 16.3. The van der Waals surface area contributed by atoms with E-state index in [1.54, 1.807) is 0 Å². The number of aromatic nitrogens is 2. The normalized spacial score (nSPS) is 29.0. The van der Waals surface area contributed by atoms with Crippen molar-refractivity contribution in [2.75, 3.05) is 19.7 Å². The largest absolute Gasteiger partial charge is 0.396 e. The van der Waals surface area contributed by atoms with Crippen LogP contribution in [0, 0.1) is 17.8 Å². The Kier molecular flexibility index (Phi) is 6.16. The number of nitrogens with zero attached hydrogens (tertiary/aromatic N) is 3. The first-order valence-corrected chi connectivity index (χ1v) is 11.6. The maximum Gasteiger partial charge on any atom is 0.329 e. The van der Waals surface area contributed by atoms with Gasteiger partial charge in [0.05, 0.1) is 11.0 Å². The van der Waals surface area contributed by atoms with E-state index in [4.69, 9.17) is 0 Å². The van der Waals surface area contributed by atoms with Gasteiger partial charge in [-0.1, -0.05) is 26.0 Å². The van der Waals surface area contributed by atoms with Gasteiger partial charge in [0.1, 0.15) is 0 Å². The predicted octanol–water partition coefficient (Wildman–Crippen LogP) is 3.89. The molecular formula is C24H37N3O2. The summed E-state index contributed by atoms with van der Waals surface area (Å²) in [6.07, 6.45) is 6.15. The van der Waals surface area contributed by atoms with Crippen molar-refractivity contribution in [3.05, 3.63) is 34.7 Å². The molecule has 1 aromatic carbocycles. The third kappa shape index (κ3) is 3.79. The second kappa shape index (κ2) is 8.65. The Morgan fingerprint density at radius 1 is 1.07 bits per heavy atom. The van der Waals surface area contributed by atoms with Crippen molar-refractivity contribution in [1.29, 1.82) is 0 Å². The van der Waals surface area contributed by atoms with E-state index in [1.807, 2.05) is 34.3 Å². The van der Waals surface area contributed by atoms with Gasteiger partial charge in [-0.15, -0.1) is 0 Å². The van der Waals surface area contributed by atoms with Gasteiger partial charge >= 0.3 is 5.69 Å². The van der Waals surface area contributed by atoms with Crippen LogP contribution in [0.1, 0.15) is 58.9 Å². The van der Waals surface area contributed by atoms with Crippen LogP contribution in [0.4, 0.5) is 0 Å². The maximum atomic E-state index is 13.2. The number of rotatable bonds is 5. The van der Waals surface area contributed by atoms with Crippen LogP contribution in [0.5, 0.6) is 0 Å². The molecule has 5 heteroatoms. The first-order valence-electron chi connectivity index (χ1n) is 11.6. The molecule has 4 rings (SSSR count). The summed E-state index contributed by atoms with van der Waals surface area (Å²) in [6, 6.07) is 8.82. The summed E-state index contributed by atoms with van der Waals surface area (Å²) in [6.45, 7) is 9.46. The van der Waals surface area contributed by atoms with Crippen molar-refractivity contribution in [3.8, 4) is 0 Å². The summed E-state index contributed by atoms with van der Waals surface area (Å²) < 4.78 is 3.84. The molecule has 2 aromatic rings. The molecule has 0 radical (unpaired) electrons. The van der Waals surface area contributed by atoms with Gasteiger partial charge in [0.15, 0.2) is 0 Å². The van der Waals surface area contributed by atoms with Crippen LogP contribution in [-0.2, 0) is 6.54 Å². The zero-order valence-electron chi connectivity index (χ0n) is 18.3. The Morgan fingerprint density at radius 3 is 2.38 bits per heavy atom. The number of aliphatic hydroxyl groups is 1. The minimum atomic E-state index is 0.0723. The van der Waals surface area contributed by atoms with Gasteiger partial charge in [-0.3, -0.25) is 14.0 Å². The van der Waals surface area contributed by atoms with Gasteiger partial charge in [0, 0.05) is 44.2 Å². The van der Waals surface area contributed by atoms with Crippen LogP contribution >= 0.6 is 0 Å². The van der Waals surface area contributed by atoms with E-state index in [1.165, 1.54) is 25.7 Å². The van der Waals surface area contributed by atoms with Crippen LogP contribution in [-0.4, -0.2) is 44.9 Å². The molecule has 1 saturated carbocycles. The average molecular weight is 400 g/mol. The average Bonchev–Trinajstić information content (AvgIpc) is 3.04. The number of imidazole rings is 1. The van der Waals surface area contributed by atoms with E-state index in [9.17, 15) is 9.90 Å². The Balaban J connectivity index is 1.54. The van der Waals surface area contributed by atoms with Gasteiger partial charge < -0.3 is 5.11 Å². The second-order valence-electron chi connectivity index (χ2n) is 9.49. The van der Waals surface area contributed by atoms with Crippen molar-refractivity contribution < 1.29 is 5.11 Å². The van der Waals surface area contributed by atoms with Crippen molar-refractivity contribution >= 4 is 11.0 Å². The molecule has 2 aliphatic rings. The Hall–Kier alpha value is -1.59. The van der Waals surface area contributed by atoms with Crippen molar-refractivity contribution in [2.45, 2.75) is 71.5 Å². The number of likely N-dealkylation sites (tertiary alicyclic amines) is 1. The molecule has 2 fully saturated rings. The quantitative estimate of drug-likeness (QED) is 0.830. The highest BCUT2D eigenvalue weighted by Gasteiger charge is 2.36. The number of hydrogen-bond acceptors (Lipinski definition) is 3. The number of aryl methyl sites for hydroxylation is 1. The van der Waals surface area contributed by atoms with Crippen LogP contribution in [0.3, 0.4) is 0 Å². The van der Waals surface area contributed by atoms with E-state index in [0.29, 0.717) is 12.6 Å². The zero-order valence-corrected chi connectivity index (χ0v) is 18.3. The minimum Gasteiger partial charge on any atom is -0.396 e. The van der Waals surface area contributed by atoms with E-state index >= 15 is 0 Å². The van der Waals surface area contributed by atoms with Crippen molar-refractivity contribution in [3.63, 3.8) is 0 Å². The molecule has 1 saturated heterocycles. The summed E-state index contributed by atoms with van der Waals surface area (Å²) in [7, 11) is 0. The summed E-state index contributed by atoms with van der Waals surface area (Å²) >= 11 is 0. The SMILES string of the molecule is CCn1c(=O)n([C@@H]2CCN(C3CCC(C(C)C)CC3)C[C@H]2CO)c2ccccc21. The van der Waals surface area contributed by atoms with Gasteiger partial charge in [0.2, 0.25) is 0 Å². The fraction of sp³-hybridized carbons (Fsp3) is 0.708. The van der Waals surface area contributed by atoms with Gasteiger partial charge in [-0.25, -0.2) is 4.79 Å². The highest BCUT2D eigenvalue weighted by molar-refractivity contribution is 5.76. The van der Waals surface area contributed by atoms with E-state index in [2.05, 4.69) is 24.8 Å². The lowest BCUT2D eigenvalue weighted by Crippen LogP contribution is -2.49. The second-order valence-corrected chi connectivity index (χ2v) is 9.49. The van der Waals surface area contributed by atoms with Gasteiger partial charge in [-0.2, -0.15) is 0 Å². The van der Waals surface area contributed by atoms with Crippen molar-refractivity contribution in [2.24, 2.45) is 17.8 Å². The topological polar surface area (TPSA) is 50.4 Å². The van der Waals surface area contributed by atoms with E-state index < -0.39 is 0 Å². The minimum absolute atomic E-state index is 0.0723. The smallest absolute Gasteiger partial charge is 0.329 e. The predicted molar refractivity (Wildman–Crippen MR) is 118 cm³/mol. The van der Waals surface area contributed by atoms with E-state index in [0.717, 1.165) is 42.4 Å². The van der Waals surface area contributed by atoms with Crippen LogP contribution < -0.4 is 5.69 Å². The number of benzene rings is 1. The first-order chi connectivity index (χ1) is 14.0. The Morgan fingerprint density at radius 2 is 1.76 bits per heavy atom. The Labute approximate surface area is 174 Å². The molecular weight excluding hydrogens is 362 g/mol. The summed E-state index contributed by atoms with van der Waals surface area (Å²) in [4.78, 5) is 15.8. The molecule has 0 bridgehead atoms. The lowest BCUT2D eigenvalue weighted by Gasteiger charge is -2.44. The summed E-state index contributed by atoms with van der Waals surface area (Å²) in [5.41, 5.74) is 2.09. The monoisotopic (exact) mass is 399 g/mol. The molecule has 1 aliphatic carbocycles. The lowest BCUT2D eigenvalue weighted by molar-refractivity contribution is 0.0322. The summed E-state index contributed by atoms with van der Waals surface area (Å²) in [5, 5.41) is 10.2. The molecule has 29 heavy (non-hydrogen) atoms. The number of hydrogen-bond donors (Lipinski definition) is 1. The Bertz CT molecular complexity index is 876. The molecule has 1 aromatic heterocycles. The molecule has 0 amide bonds. The number of fused-ring (bicyclic) bond motifs is 1. The van der Waals surface area contributed by atoms with Crippen molar-refractivity contribution in [1.82, 2.24) is 14.0 Å². The molecule has 2 atom stereocenters. The fourth-order valence-electron chi connectivity index (χ4n) is 5.89. The lowest BCUT2D eigenvalue weighted by atomic mass is 9.78.